The lowest BCUT2D eigenvalue weighted by Crippen LogP contribution is -2.66. The van der Waals surface area contributed by atoms with Crippen molar-refractivity contribution in [3.63, 3.8) is 0 Å². The van der Waals surface area contributed by atoms with Gasteiger partial charge in [0.1, 0.15) is 48.3 Å². The molecule has 8 aliphatic rings. The van der Waals surface area contributed by atoms with Gasteiger partial charge < -0.3 is 69.3 Å². The second-order valence-electron chi connectivity index (χ2n) is 18.5. The minimum absolute atomic E-state index is 0.0688. The highest BCUT2D eigenvalue weighted by Gasteiger charge is 2.81. The first kappa shape index (κ1) is 39.0. The van der Waals surface area contributed by atoms with E-state index in [1.54, 1.807) is 0 Å². The molecule has 0 aromatic heterocycles. The lowest BCUT2D eigenvalue weighted by Gasteiger charge is -2.63. The molecule has 3 saturated carbocycles. The summed E-state index contributed by atoms with van der Waals surface area (Å²) in [6.07, 6.45) is -6.28. The fourth-order valence-corrected chi connectivity index (χ4v) is 12.4. The Hall–Kier alpha value is -0.820. The average molecular weight is 755 g/mol. The molecule has 7 fully saturated rings. The van der Waals surface area contributed by atoms with Gasteiger partial charge in [0.2, 0.25) is 0 Å². The van der Waals surface area contributed by atoms with Gasteiger partial charge in [-0.2, -0.15) is 0 Å². The van der Waals surface area contributed by atoms with Crippen LogP contribution in [0.2, 0.25) is 0 Å². The number of fused-ring (bicyclic) bond motifs is 7. The van der Waals surface area contributed by atoms with Crippen LogP contribution >= 0.6 is 0 Å². The summed E-state index contributed by atoms with van der Waals surface area (Å²) in [6.45, 7) is 10.1. The Balaban J connectivity index is 0.995. The molecule has 14 heteroatoms. The van der Waals surface area contributed by atoms with Crippen LogP contribution in [0.25, 0.3) is 0 Å². The van der Waals surface area contributed by atoms with Gasteiger partial charge >= 0.3 is 0 Å². The lowest BCUT2D eigenvalue weighted by atomic mass is 9.44. The Morgan fingerprint density at radius 1 is 0.811 bits per heavy atom. The van der Waals surface area contributed by atoms with Crippen molar-refractivity contribution in [2.45, 2.75) is 183 Å². The molecular formula is C39H62O14. The summed E-state index contributed by atoms with van der Waals surface area (Å²) in [5.41, 5.74) is -2.13. The fraction of sp³-hybridized carbons (Fsp3) is 0.949. The minimum Gasteiger partial charge on any atom is -0.394 e. The quantitative estimate of drug-likeness (QED) is 0.181. The molecule has 14 nitrogen and oxygen atoms in total. The van der Waals surface area contributed by atoms with E-state index in [1.807, 2.05) is 6.92 Å². The summed E-state index contributed by atoms with van der Waals surface area (Å²) < 4.78 is 37.1. The number of allylic oxidation sites excluding steroid dienone is 1. The highest BCUT2D eigenvalue weighted by molar-refractivity contribution is 5.33. The van der Waals surface area contributed by atoms with Crippen LogP contribution in [0.4, 0.5) is 0 Å². The van der Waals surface area contributed by atoms with Gasteiger partial charge in [-0.1, -0.05) is 39.3 Å². The Labute approximate surface area is 311 Å². The zero-order valence-electron chi connectivity index (χ0n) is 31.6. The number of rotatable bonds is 5. The van der Waals surface area contributed by atoms with E-state index in [4.69, 9.17) is 28.4 Å². The molecule has 53 heavy (non-hydrogen) atoms. The van der Waals surface area contributed by atoms with E-state index in [9.17, 15) is 40.9 Å². The zero-order valence-corrected chi connectivity index (χ0v) is 31.6. The summed E-state index contributed by atoms with van der Waals surface area (Å²) in [7, 11) is 0. The van der Waals surface area contributed by atoms with Crippen molar-refractivity contribution in [3.05, 3.63) is 11.6 Å². The van der Waals surface area contributed by atoms with Crippen molar-refractivity contribution in [1.82, 2.24) is 0 Å². The van der Waals surface area contributed by atoms with Gasteiger partial charge in [0, 0.05) is 24.2 Å². The topological polar surface area (TPSA) is 217 Å². The first-order chi connectivity index (χ1) is 24.9. The average Bonchev–Trinajstić information content (AvgIpc) is 3.44. The second kappa shape index (κ2) is 13.4. The first-order valence-corrected chi connectivity index (χ1v) is 20.0. The number of hydrogen-bond acceptors (Lipinski definition) is 14. The van der Waals surface area contributed by atoms with Gasteiger partial charge in [0.05, 0.1) is 37.1 Å². The van der Waals surface area contributed by atoms with Crippen molar-refractivity contribution in [3.8, 4) is 0 Å². The van der Waals surface area contributed by atoms with Crippen molar-refractivity contribution >= 4 is 0 Å². The van der Waals surface area contributed by atoms with Crippen LogP contribution in [0.1, 0.15) is 92.4 Å². The molecule has 8 N–H and O–H groups in total. The molecule has 8 rings (SSSR count). The van der Waals surface area contributed by atoms with E-state index in [2.05, 4.69) is 26.8 Å². The maximum atomic E-state index is 12.9. The van der Waals surface area contributed by atoms with Crippen LogP contribution in [0.5, 0.6) is 0 Å². The molecule has 1 spiro atoms. The second-order valence-corrected chi connectivity index (χ2v) is 18.5. The third-order valence-corrected chi connectivity index (χ3v) is 16.0. The van der Waals surface area contributed by atoms with Gasteiger partial charge in [-0.3, -0.25) is 0 Å². The van der Waals surface area contributed by atoms with E-state index in [-0.39, 0.29) is 29.3 Å². The molecule has 0 aromatic carbocycles. The molecule has 0 radical (unpaired) electrons. The maximum absolute atomic E-state index is 12.9. The molecule has 4 aliphatic heterocycles. The SMILES string of the molecule is C[C@@H]1CCC2(OC1)O[C@H]1C[C@@]3(O)[C@@H]4CC=C5C[C@@H](O[C@@H]6O[C@H](CO)[C@@H](O)[C@H](O)[C@H]6O[C@@H]6O[C@@H](C)[C@H](O)[C@@H](O)[C@H]6O)CC[C@]5(C)C4CC[C@]3(C)[C@@]1(O)[C@@H]2C. The fourth-order valence-electron chi connectivity index (χ4n) is 12.4. The van der Waals surface area contributed by atoms with Crippen molar-refractivity contribution in [2.24, 2.45) is 34.5 Å². The molecule has 4 saturated heterocycles. The van der Waals surface area contributed by atoms with Crippen molar-refractivity contribution < 1.29 is 69.3 Å². The van der Waals surface area contributed by atoms with E-state index in [0.29, 0.717) is 44.6 Å². The van der Waals surface area contributed by atoms with Crippen LogP contribution in [-0.4, -0.2) is 145 Å². The number of aliphatic hydroxyl groups is 8. The van der Waals surface area contributed by atoms with E-state index < -0.39 is 96.5 Å². The molecule has 302 valence electrons. The largest absolute Gasteiger partial charge is 0.394 e. The summed E-state index contributed by atoms with van der Waals surface area (Å²) >= 11 is 0. The molecule has 0 amide bonds. The number of ether oxygens (including phenoxy) is 6. The molecule has 21 atom stereocenters. The Kier molecular flexibility index (Phi) is 9.84. The number of hydrogen-bond donors (Lipinski definition) is 8. The van der Waals surface area contributed by atoms with Crippen molar-refractivity contribution in [1.29, 1.82) is 0 Å². The summed E-state index contributed by atoms with van der Waals surface area (Å²) in [5, 5.41) is 88.5. The summed E-state index contributed by atoms with van der Waals surface area (Å²) in [5.74, 6) is -0.554. The predicted octanol–water partition coefficient (Wildman–Crippen LogP) is 0.620. The Bertz CT molecular complexity index is 1410. The minimum atomic E-state index is -1.65. The number of aliphatic hydroxyl groups excluding tert-OH is 6. The smallest absolute Gasteiger partial charge is 0.187 e. The van der Waals surface area contributed by atoms with Crippen molar-refractivity contribution in [2.75, 3.05) is 13.2 Å². The molecule has 0 bridgehead atoms. The lowest BCUT2D eigenvalue weighted by molar-refractivity contribution is -0.369. The van der Waals surface area contributed by atoms with Crippen LogP contribution in [-0.2, 0) is 28.4 Å². The van der Waals surface area contributed by atoms with Crippen LogP contribution in [0, 0.1) is 34.5 Å². The summed E-state index contributed by atoms with van der Waals surface area (Å²) in [4.78, 5) is 0. The van der Waals surface area contributed by atoms with E-state index in [1.165, 1.54) is 12.5 Å². The van der Waals surface area contributed by atoms with E-state index >= 15 is 0 Å². The first-order valence-electron chi connectivity index (χ1n) is 20.0. The standard InChI is InChI=1S/C39H62O14/c1-18-8-13-38(48-17-18)20(3)39(47)26(53-38)15-37(46)24-7-6-21-14-22(9-11-35(21,4)23(24)10-12-36(37,39)5)50-34-32(30(44)28(42)25(16-40)51-34)52-33-31(45)29(43)27(41)19(2)49-33/h6,18-20,22-34,40-47H,7-17H2,1-5H3/t18-,19+,20-,22+,23?,24-,25-,26+,27+,28-,29-,30+,31-,32-,33+,34-,35+,36+,37-,38?,39-/m1/s1. The highest BCUT2D eigenvalue weighted by atomic mass is 16.8. The van der Waals surface area contributed by atoms with Crippen LogP contribution in [0.15, 0.2) is 11.6 Å². The normalized spacial score (nSPS) is 59.5. The van der Waals surface area contributed by atoms with Gasteiger partial charge in [-0.05, 0) is 75.0 Å². The molecule has 4 aliphatic carbocycles. The third-order valence-electron chi connectivity index (χ3n) is 16.0. The molecule has 2 unspecified atom stereocenters. The van der Waals surface area contributed by atoms with Gasteiger partial charge in [0.15, 0.2) is 18.4 Å². The van der Waals surface area contributed by atoms with Gasteiger partial charge in [-0.15, -0.1) is 0 Å². The molecule has 4 heterocycles. The molecule has 0 aromatic rings. The maximum Gasteiger partial charge on any atom is 0.187 e. The van der Waals surface area contributed by atoms with Crippen LogP contribution in [0.3, 0.4) is 0 Å². The van der Waals surface area contributed by atoms with Gasteiger partial charge in [-0.25, -0.2) is 0 Å². The highest BCUT2D eigenvalue weighted by Crippen LogP contribution is 2.73. The molecular weight excluding hydrogens is 692 g/mol. The zero-order chi connectivity index (χ0) is 38.0. The summed E-state index contributed by atoms with van der Waals surface area (Å²) in [6, 6.07) is 0. The van der Waals surface area contributed by atoms with Gasteiger partial charge in [0.25, 0.3) is 0 Å². The predicted molar refractivity (Wildman–Crippen MR) is 184 cm³/mol. The Morgan fingerprint density at radius 3 is 2.26 bits per heavy atom. The third kappa shape index (κ3) is 5.49. The van der Waals surface area contributed by atoms with E-state index in [0.717, 1.165) is 25.7 Å². The monoisotopic (exact) mass is 754 g/mol. The Morgan fingerprint density at radius 2 is 1.57 bits per heavy atom. The van der Waals surface area contributed by atoms with Crippen LogP contribution < -0.4 is 0 Å².